The average Bonchev–Trinajstić information content (AvgIpc) is 2.77. The quantitative estimate of drug-likeness (QED) is 0.879. The number of rotatable bonds is 4. The smallest absolute Gasteiger partial charge is 0.354 e. The largest absolute Gasteiger partial charge is 0.492 e. The molecule has 0 radical (unpaired) electrons. The van der Waals surface area contributed by atoms with Gasteiger partial charge in [0, 0.05) is 10.9 Å². The van der Waals surface area contributed by atoms with Crippen LogP contribution in [0.2, 0.25) is 0 Å². The van der Waals surface area contributed by atoms with Gasteiger partial charge in [0.1, 0.15) is 11.4 Å². The number of benzene rings is 1. The van der Waals surface area contributed by atoms with Gasteiger partial charge in [-0.05, 0) is 48.0 Å². The molecule has 1 aromatic carbocycles. The number of aromatic nitrogens is 1. The first-order chi connectivity index (χ1) is 8.67. The number of fused-ring (bicyclic) bond motifs is 1. The molecular weight excluding hydrogens is 298 g/mol. The fourth-order valence-electron chi connectivity index (χ4n) is 1.76. The normalized spacial score (nSPS) is 10.6. The van der Waals surface area contributed by atoms with Crippen LogP contribution in [0.3, 0.4) is 0 Å². The lowest BCUT2D eigenvalue weighted by Crippen LogP contribution is -2.04. The van der Waals surface area contributed by atoms with Gasteiger partial charge in [0.15, 0.2) is 0 Å². The number of hydrogen-bond donors (Lipinski definition) is 1. The highest BCUT2D eigenvalue weighted by Crippen LogP contribution is 2.34. The topological polar surface area (TPSA) is 51.3 Å². The Labute approximate surface area is 113 Å². The number of H-pyrrole nitrogens is 1. The molecule has 0 aliphatic rings. The van der Waals surface area contributed by atoms with Gasteiger partial charge in [-0.2, -0.15) is 0 Å². The predicted octanol–water partition coefficient (Wildman–Crippen LogP) is 3.51. The molecule has 2 aromatic rings. The third kappa shape index (κ3) is 2.36. The zero-order valence-corrected chi connectivity index (χ0v) is 11.8. The molecule has 96 valence electrons. The second-order valence-electron chi connectivity index (χ2n) is 3.67. The second-order valence-corrected chi connectivity index (χ2v) is 4.53. The van der Waals surface area contributed by atoms with Crippen molar-refractivity contribution in [1.29, 1.82) is 0 Å². The van der Waals surface area contributed by atoms with E-state index in [-0.39, 0.29) is 5.97 Å². The Morgan fingerprint density at radius 2 is 2.11 bits per heavy atom. The molecule has 0 fully saturated rings. The van der Waals surface area contributed by atoms with Crippen LogP contribution in [0.15, 0.2) is 22.7 Å². The molecule has 0 aliphatic carbocycles. The third-order valence-electron chi connectivity index (χ3n) is 2.49. The highest BCUT2D eigenvalue weighted by atomic mass is 79.9. The number of halogens is 1. The van der Waals surface area contributed by atoms with Gasteiger partial charge in [-0.25, -0.2) is 4.79 Å². The van der Waals surface area contributed by atoms with Gasteiger partial charge in [0.2, 0.25) is 0 Å². The molecule has 0 unspecified atom stereocenters. The van der Waals surface area contributed by atoms with Crippen LogP contribution in [0.5, 0.6) is 5.75 Å². The minimum atomic E-state index is -0.354. The van der Waals surface area contributed by atoms with Crippen molar-refractivity contribution in [3.63, 3.8) is 0 Å². The van der Waals surface area contributed by atoms with Gasteiger partial charge in [0.25, 0.3) is 0 Å². The molecule has 0 saturated heterocycles. The second kappa shape index (κ2) is 5.44. The minimum Gasteiger partial charge on any atom is -0.492 e. The summed E-state index contributed by atoms with van der Waals surface area (Å²) in [6.07, 6.45) is 0. The van der Waals surface area contributed by atoms with Crippen molar-refractivity contribution < 1.29 is 14.3 Å². The molecule has 2 rings (SSSR count). The zero-order valence-electron chi connectivity index (χ0n) is 10.2. The maximum Gasteiger partial charge on any atom is 0.354 e. The number of nitrogens with one attached hydrogen (secondary N) is 1. The highest BCUT2D eigenvalue weighted by molar-refractivity contribution is 9.10. The maximum atomic E-state index is 11.7. The molecule has 0 spiro atoms. The van der Waals surface area contributed by atoms with Crippen LogP contribution in [-0.4, -0.2) is 24.2 Å². The molecule has 1 heterocycles. The van der Waals surface area contributed by atoms with Crippen molar-refractivity contribution in [2.75, 3.05) is 13.2 Å². The van der Waals surface area contributed by atoms with Gasteiger partial charge in [-0.15, -0.1) is 0 Å². The first-order valence-electron chi connectivity index (χ1n) is 5.78. The predicted molar refractivity (Wildman–Crippen MR) is 73.1 cm³/mol. The first-order valence-corrected chi connectivity index (χ1v) is 6.57. The number of carbonyl (C=O) groups is 1. The zero-order chi connectivity index (χ0) is 13.1. The average molecular weight is 312 g/mol. The maximum absolute atomic E-state index is 11.7. The number of carbonyl (C=O) groups excluding carboxylic acids is 1. The van der Waals surface area contributed by atoms with Crippen LogP contribution in [0.4, 0.5) is 0 Å². The summed E-state index contributed by atoms with van der Waals surface area (Å²) in [6.45, 7) is 4.63. The Morgan fingerprint density at radius 1 is 1.33 bits per heavy atom. The number of hydrogen-bond acceptors (Lipinski definition) is 3. The van der Waals surface area contributed by atoms with Crippen molar-refractivity contribution in [1.82, 2.24) is 4.98 Å². The number of esters is 1. The summed E-state index contributed by atoms with van der Waals surface area (Å²) in [5, 5.41) is 0.870. The lowest BCUT2D eigenvalue weighted by molar-refractivity contribution is 0.0520. The van der Waals surface area contributed by atoms with Crippen molar-refractivity contribution in [3.05, 3.63) is 28.4 Å². The molecule has 0 atom stereocenters. The molecule has 5 heteroatoms. The molecule has 0 aliphatic heterocycles. The van der Waals surface area contributed by atoms with Crippen LogP contribution >= 0.6 is 15.9 Å². The minimum absolute atomic E-state index is 0.354. The fourth-order valence-corrected chi connectivity index (χ4v) is 2.22. The van der Waals surface area contributed by atoms with E-state index in [0.29, 0.717) is 18.9 Å². The van der Waals surface area contributed by atoms with Gasteiger partial charge >= 0.3 is 5.97 Å². The van der Waals surface area contributed by atoms with Gasteiger partial charge in [0.05, 0.1) is 17.7 Å². The van der Waals surface area contributed by atoms with E-state index in [1.54, 1.807) is 13.0 Å². The van der Waals surface area contributed by atoms with Gasteiger partial charge < -0.3 is 14.5 Å². The molecule has 0 amide bonds. The number of aromatic amines is 1. The summed E-state index contributed by atoms with van der Waals surface area (Å²) >= 11 is 3.44. The van der Waals surface area contributed by atoms with Crippen molar-refractivity contribution in [2.45, 2.75) is 13.8 Å². The van der Waals surface area contributed by atoms with E-state index in [1.807, 2.05) is 19.1 Å². The lowest BCUT2D eigenvalue weighted by atomic mass is 10.2. The van der Waals surface area contributed by atoms with E-state index in [9.17, 15) is 4.79 Å². The molecule has 18 heavy (non-hydrogen) atoms. The SMILES string of the molecule is CCOC(=O)c1cc2c(OCC)c(Br)ccc2[nH]1. The van der Waals surface area contributed by atoms with E-state index < -0.39 is 0 Å². The Morgan fingerprint density at radius 3 is 2.78 bits per heavy atom. The summed E-state index contributed by atoms with van der Waals surface area (Å²) in [5.74, 6) is 0.383. The Bertz CT molecular complexity index is 577. The summed E-state index contributed by atoms with van der Waals surface area (Å²) in [6, 6.07) is 5.53. The Balaban J connectivity index is 2.50. The van der Waals surface area contributed by atoms with Crippen LogP contribution < -0.4 is 4.74 Å². The van der Waals surface area contributed by atoms with E-state index in [0.717, 1.165) is 21.1 Å². The van der Waals surface area contributed by atoms with E-state index >= 15 is 0 Å². The summed E-state index contributed by atoms with van der Waals surface area (Å²) in [7, 11) is 0. The standard InChI is InChI=1S/C13H14BrNO3/c1-3-17-12-8-7-11(13(16)18-4-2)15-10(8)6-5-9(12)14/h5-7,15H,3-4H2,1-2H3. The molecular formula is C13H14BrNO3. The summed E-state index contributed by atoms with van der Waals surface area (Å²) < 4.78 is 11.4. The van der Waals surface area contributed by atoms with Crippen LogP contribution in [0.25, 0.3) is 10.9 Å². The molecule has 1 aromatic heterocycles. The first kappa shape index (κ1) is 13.0. The summed E-state index contributed by atoms with van der Waals surface area (Å²) in [4.78, 5) is 14.7. The molecule has 1 N–H and O–H groups in total. The third-order valence-corrected chi connectivity index (χ3v) is 3.11. The number of ether oxygens (including phenoxy) is 2. The fraction of sp³-hybridized carbons (Fsp3) is 0.308. The van der Waals surface area contributed by atoms with Gasteiger partial charge in [-0.3, -0.25) is 0 Å². The summed E-state index contributed by atoms with van der Waals surface area (Å²) in [5.41, 5.74) is 1.29. The molecule has 4 nitrogen and oxygen atoms in total. The van der Waals surface area contributed by atoms with E-state index in [1.165, 1.54) is 0 Å². The molecule has 0 saturated carbocycles. The van der Waals surface area contributed by atoms with Crippen molar-refractivity contribution in [2.24, 2.45) is 0 Å². The van der Waals surface area contributed by atoms with Crippen molar-refractivity contribution in [3.8, 4) is 5.75 Å². The van der Waals surface area contributed by atoms with Crippen LogP contribution in [-0.2, 0) is 4.74 Å². The van der Waals surface area contributed by atoms with Crippen LogP contribution in [0, 0.1) is 0 Å². The highest BCUT2D eigenvalue weighted by Gasteiger charge is 2.14. The Kier molecular flexibility index (Phi) is 3.91. The molecule has 0 bridgehead atoms. The Hall–Kier alpha value is -1.49. The van der Waals surface area contributed by atoms with Crippen LogP contribution in [0.1, 0.15) is 24.3 Å². The van der Waals surface area contributed by atoms with Crippen molar-refractivity contribution >= 4 is 32.8 Å². The lowest BCUT2D eigenvalue weighted by Gasteiger charge is -2.06. The monoisotopic (exact) mass is 311 g/mol. The van der Waals surface area contributed by atoms with E-state index in [4.69, 9.17) is 9.47 Å². The van der Waals surface area contributed by atoms with E-state index in [2.05, 4.69) is 20.9 Å². The van der Waals surface area contributed by atoms with Gasteiger partial charge in [-0.1, -0.05) is 0 Å².